The minimum atomic E-state index is -1.42. The number of rotatable bonds is 2. The molecule has 5 heterocycles. The highest BCUT2D eigenvalue weighted by Crippen LogP contribution is 2.81. The lowest BCUT2D eigenvalue weighted by Gasteiger charge is -2.67. The van der Waals surface area contributed by atoms with Crippen LogP contribution in [0.2, 0.25) is 0 Å². The second kappa shape index (κ2) is 7.62. The van der Waals surface area contributed by atoms with Gasteiger partial charge in [0, 0.05) is 28.4 Å². The number of Topliss-reactive ketones (excluding diaryl/α,β-unsaturated/α-hetero) is 1. The van der Waals surface area contributed by atoms with Crippen molar-refractivity contribution in [2.45, 2.75) is 95.4 Å². The predicted molar refractivity (Wildman–Crippen MR) is 138 cm³/mol. The number of hydrogen-bond acceptors (Lipinski definition) is 10. The monoisotopic (exact) mass is 570 g/mol. The molecule has 8 rings (SSSR count). The summed E-state index contributed by atoms with van der Waals surface area (Å²) >= 11 is 0. The maximum atomic E-state index is 14.6. The number of aliphatic hydroxyl groups is 2. The van der Waals surface area contributed by atoms with E-state index in [0.29, 0.717) is 37.7 Å². The van der Waals surface area contributed by atoms with E-state index in [1.807, 2.05) is 27.7 Å². The molecule has 2 N–H and O–H groups in total. The van der Waals surface area contributed by atoms with E-state index in [2.05, 4.69) is 0 Å². The van der Waals surface area contributed by atoms with Crippen molar-refractivity contribution < 1.29 is 48.0 Å². The lowest BCUT2D eigenvalue weighted by molar-refractivity contribution is -0.264. The molecule has 7 fully saturated rings. The molecule has 1 aromatic heterocycles. The molecular weight excluding hydrogens is 532 g/mol. The molecule has 0 unspecified atom stereocenters. The van der Waals surface area contributed by atoms with Gasteiger partial charge >= 0.3 is 11.9 Å². The van der Waals surface area contributed by atoms with Crippen molar-refractivity contribution in [2.24, 2.45) is 39.4 Å². The highest BCUT2D eigenvalue weighted by molar-refractivity contribution is 5.92. The molecule has 1 aromatic rings. The zero-order chi connectivity index (χ0) is 29.0. The molecule has 10 nitrogen and oxygen atoms in total. The summed E-state index contributed by atoms with van der Waals surface area (Å²) in [4.78, 5) is 41.6. The second-order valence-corrected chi connectivity index (χ2v) is 14.9. The Balaban J connectivity index is 1.33. The summed E-state index contributed by atoms with van der Waals surface area (Å²) in [5.41, 5.74) is -5.30. The Labute approximate surface area is 238 Å². The van der Waals surface area contributed by atoms with Crippen molar-refractivity contribution in [3.63, 3.8) is 0 Å². The number of fused-ring (bicyclic) bond motifs is 2. The zero-order valence-electron chi connectivity index (χ0n) is 23.9. The highest BCUT2D eigenvalue weighted by atomic mass is 16.7. The summed E-state index contributed by atoms with van der Waals surface area (Å²) in [5.74, 6) is -2.33. The van der Waals surface area contributed by atoms with Gasteiger partial charge in [0.1, 0.15) is 24.4 Å². The molecule has 41 heavy (non-hydrogen) atoms. The highest BCUT2D eigenvalue weighted by Gasteiger charge is 2.91. The minimum Gasteiger partial charge on any atom is -0.472 e. The molecule has 0 aromatic carbocycles. The first-order valence-electron chi connectivity index (χ1n) is 14.9. The zero-order valence-corrected chi connectivity index (χ0v) is 23.9. The summed E-state index contributed by atoms with van der Waals surface area (Å²) in [5, 5.41) is 22.2. The number of esters is 2. The quantitative estimate of drug-likeness (QED) is 0.402. The van der Waals surface area contributed by atoms with Crippen molar-refractivity contribution in [2.75, 3.05) is 13.2 Å². The number of ketones is 1. The van der Waals surface area contributed by atoms with Gasteiger partial charge in [0.25, 0.3) is 0 Å². The van der Waals surface area contributed by atoms with E-state index in [1.54, 1.807) is 12.3 Å². The van der Waals surface area contributed by atoms with E-state index in [1.165, 1.54) is 6.26 Å². The Morgan fingerprint density at radius 2 is 1.80 bits per heavy atom. The summed E-state index contributed by atoms with van der Waals surface area (Å²) in [6, 6.07) is 1.77. The molecule has 7 aliphatic rings. The minimum absolute atomic E-state index is 0.00191. The number of furan rings is 1. The summed E-state index contributed by atoms with van der Waals surface area (Å²) in [6.45, 7) is 7.63. The maximum Gasteiger partial charge on any atom is 0.339 e. The topological polar surface area (TPSA) is 145 Å². The van der Waals surface area contributed by atoms with Gasteiger partial charge in [-0.15, -0.1) is 0 Å². The van der Waals surface area contributed by atoms with E-state index in [-0.39, 0.29) is 36.8 Å². The number of aliphatic hydroxyl groups excluding tert-OH is 2. The Morgan fingerprint density at radius 1 is 1.02 bits per heavy atom. The van der Waals surface area contributed by atoms with E-state index >= 15 is 0 Å². The molecule has 0 bridgehead atoms. The standard InChI is InChI=1S/C31H38O10/c1-26(2)19-18(33)20(34)28(4)17(30(19)14-38-25(36)29(24(30)41-26)9-5-15(11-29)12-32)6-8-27(3)21(16-7-10-37-13-16)39-23(35)22-31(27,28)40-22/h7,10,13,15,17,19-22,24,32,34H,5-6,8-9,11-12,14H2,1-4H3/t15-,17-,19+,20+,21-,22+,24-,27-,28-,29+,30+,31-/m0/s1. The molecule has 12 atom stereocenters. The van der Waals surface area contributed by atoms with Crippen molar-refractivity contribution in [3.8, 4) is 0 Å². The van der Waals surface area contributed by atoms with Crippen LogP contribution in [0.15, 0.2) is 23.0 Å². The number of epoxide rings is 1. The first-order chi connectivity index (χ1) is 19.3. The summed E-state index contributed by atoms with van der Waals surface area (Å²) in [7, 11) is 0. The van der Waals surface area contributed by atoms with Crippen LogP contribution in [0.25, 0.3) is 0 Å². The first-order valence-corrected chi connectivity index (χ1v) is 14.9. The Kier molecular flexibility index (Phi) is 4.90. The van der Waals surface area contributed by atoms with E-state index in [9.17, 15) is 24.6 Å². The van der Waals surface area contributed by atoms with Crippen LogP contribution in [0.4, 0.5) is 0 Å². The smallest absolute Gasteiger partial charge is 0.339 e. The van der Waals surface area contributed by atoms with Gasteiger partial charge in [-0.05, 0) is 63.9 Å². The molecule has 3 spiro atoms. The van der Waals surface area contributed by atoms with E-state index in [0.717, 1.165) is 0 Å². The lowest BCUT2D eigenvalue weighted by Crippen LogP contribution is -2.77. The Bertz CT molecular complexity index is 1350. The lowest BCUT2D eigenvalue weighted by atomic mass is 9.35. The van der Waals surface area contributed by atoms with Crippen molar-refractivity contribution in [1.29, 1.82) is 0 Å². The van der Waals surface area contributed by atoms with Crippen LogP contribution in [0.3, 0.4) is 0 Å². The third-order valence-corrected chi connectivity index (χ3v) is 13.0. The van der Waals surface area contributed by atoms with Crippen LogP contribution in [0.1, 0.15) is 71.5 Å². The normalized spacial score (nSPS) is 54.4. The number of carbonyl (C=O) groups excluding carboxylic acids is 3. The number of ether oxygens (including phenoxy) is 4. The fourth-order valence-electron chi connectivity index (χ4n) is 11.5. The largest absolute Gasteiger partial charge is 0.472 e. The Morgan fingerprint density at radius 3 is 2.49 bits per heavy atom. The Hall–Kier alpha value is -2.27. The molecule has 3 saturated carbocycles. The fourth-order valence-corrected chi connectivity index (χ4v) is 11.5. The van der Waals surface area contributed by atoms with Crippen LogP contribution in [-0.2, 0) is 33.3 Å². The average molecular weight is 571 g/mol. The average Bonchev–Trinajstić information content (AvgIpc) is 3.22. The van der Waals surface area contributed by atoms with E-state index in [4.69, 9.17) is 23.4 Å². The molecule has 3 aliphatic carbocycles. The van der Waals surface area contributed by atoms with Crippen molar-refractivity contribution in [1.82, 2.24) is 0 Å². The molecule has 10 heteroatoms. The number of carbonyl (C=O) groups is 3. The van der Waals surface area contributed by atoms with Gasteiger partial charge < -0.3 is 33.6 Å². The third-order valence-electron chi connectivity index (χ3n) is 13.0. The van der Waals surface area contributed by atoms with Gasteiger partial charge in [-0.25, -0.2) is 4.79 Å². The number of cyclic esters (lactones) is 2. The van der Waals surface area contributed by atoms with E-state index < -0.39 is 69.2 Å². The molecule has 4 aliphatic heterocycles. The van der Waals surface area contributed by atoms with Gasteiger partial charge in [-0.2, -0.15) is 0 Å². The van der Waals surface area contributed by atoms with Crippen molar-refractivity contribution >= 4 is 17.7 Å². The third kappa shape index (κ3) is 2.61. The van der Waals surface area contributed by atoms with Crippen LogP contribution < -0.4 is 0 Å². The van der Waals surface area contributed by atoms with Crippen LogP contribution >= 0.6 is 0 Å². The van der Waals surface area contributed by atoms with Crippen LogP contribution in [0, 0.1) is 39.4 Å². The molecule has 4 saturated heterocycles. The molecule has 0 amide bonds. The predicted octanol–water partition coefficient (Wildman–Crippen LogP) is 2.50. The second-order valence-electron chi connectivity index (χ2n) is 14.9. The van der Waals surface area contributed by atoms with Crippen molar-refractivity contribution in [3.05, 3.63) is 24.2 Å². The van der Waals surface area contributed by atoms with Gasteiger partial charge in [-0.3, -0.25) is 9.59 Å². The maximum absolute atomic E-state index is 14.6. The van der Waals surface area contributed by atoms with Gasteiger partial charge in [-0.1, -0.05) is 13.8 Å². The van der Waals surface area contributed by atoms with Crippen LogP contribution in [0.5, 0.6) is 0 Å². The van der Waals surface area contributed by atoms with Gasteiger partial charge in [0.05, 0.1) is 35.6 Å². The SMILES string of the molecule is CC1(C)O[C@H]2[C@]3(CC[C@H](CO)C3)C(=O)OC[C@@]23[C@@H]1C(=O)[C@@H](O)[C@]1(C)[C@@H]3CC[C@@]2(C)[C@H](c3ccoc3)OC(=O)[C@H]3O[C@]312. The number of hydrogen-bond donors (Lipinski definition) is 2. The van der Waals surface area contributed by atoms with Gasteiger partial charge in [0.2, 0.25) is 0 Å². The fraction of sp³-hybridized carbons (Fsp3) is 0.774. The molecule has 222 valence electrons. The summed E-state index contributed by atoms with van der Waals surface area (Å²) in [6.07, 6.45) is 2.22. The molecule has 0 radical (unpaired) electrons. The van der Waals surface area contributed by atoms with Crippen LogP contribution in [-0.4, -0.2) is 70.7 Å². The first kappa shape index (κ1) is 26.4. The van der Waals surface area contributed by atoms with Gasteiger partial charge in [0.15, 0.2) is 11.9 Å². The molecular formula is C31H38O10. The summed E-state index contributed by atoms with van der Waals surface area (Å²) < 4.78 is 30.7.